The van der Waals surface area contributed by atoms with Crippen LogP contribution in [0.15, 0.2) is 36.1 Å². The molecule has 8 nitrogen and oxygen atoms in total. The van der Waals surface area contributed by atoms with Crippen molar-refractivity contribution in [3.63, 3.8) is 0 Å². The molecule has 4 heterocycles. The van der Waals surface area contributed by atoms with Crippen LogP contribution in [0.1, 0.15) is 35.1 Å². The van der Waals surface area contributed by atoms with Gasteiger partial charge < -0.3 is 10.3 Å². The maximum atomic E-state index is 14.4. The Bertz CT molecular complexity index is 1040. The van der Waals surface area contributed by atoms with Crippen LogP contribution in [0.5, 0.6) is 0 Å². The van der Waals surface area contributed by atoms with Gasteiger partial charge >= 0.3 is 6.18 Å². The number of hydrogen-bond donors (Lipinski definition) is 2. The molecule has 4 rings (SSSR count). The van der Waals surface area contributed by atoms with Gasteiger partial charge in [-0.25, -0.2) is 24.4 Å². The van der Waals surface area contributed by atoms with Crippen LogP contribution >= 0.6 is 0 Å². The molecule has 1 atom stereocenters. The first-order valence-electron chi connectivity index (χ1n) is 9.04. The molecule has 1 unspecified atom stereocenters. The number of carbonyl (C=O) groups excluding carboxylic acids is 1. The second kappa shape index (κ2) is 7.20. The van der Waals surface area contributed by atoms with E-state index in [0.717, 1.165) is 23.7 Å². The summed E-state index contributed by atoms with van der Waals surface area (Å²) in [6, 6.07) is 2.20. The highest BCUT2D eigenvalue weighted by molar-refractivity contribution is 5.95. The van der Waals surface area contributed by atoms with Crippen LogP contribution in [-0.4, -0.2) is 38.3 Å². The van der Waals surface area contributed by atoms with Crippen molar-refractivity contribution in [3.05, 3.63) is 58.8 Å². The van der Waals surface area contributed by atoms with Crippen LogP contribution in [0.3, 0.4) is 0 Å². The summed E-state index contributed by atoms with van der Waals surface area (Å²) in [5.74, 6) is -1.91. The van der Waals surface area contributed by atoms with Gasteiger partial charge in [0.25, 0.3) is 5.91 Å². The Hall–Kier alpha value is -3.28. The lowest BCUT2D eigenvalue weighted by Gasteiger charge is -2.34. The van der Waals surface area contributed by atoms with Gasteiger partial charge in [-0.3, -0.25) is 4.79 Å². The molecule has 0 fully saturated rings. The smallest absolute Gasteiger partial charge is 0.330 e. The molecule has 12 heteroatoms. The number of anilines is 1. The molecule has 2 aromatic rings. The average molecular weight is 423 g/mol. The number of nitrogens with zero attached hydrogens (tertiary/aromatic N) is 5. The second-order valence-electron chi connectivity index (χ2n) is 6.89. The number of hydrogen-bond acceptors (Lipinski definition) is 7. The van der Waals surface area contributed by atoms with Gasteiger partial charge in [0.2, 0.25) is 0 Å². The van der Waals surface area contributed by atoms with Crippen LogP contribution in [0, 0.1) is 12.7 Å². The second-order valence-corrected chi connectivity index (χ2v) is 6.89. The van der Waals surface area contributed by atoms with Gasteiger partial charge in [0.15, 0.2) is 17.3 Å². The Labute approximate surface area is 168 Å². The van der Waals surface area contributed by atoms with Crippen molar-refractivity contribution >= 4 is 11.7 Å². The average Bonchev–Trinajstić information content (AvgIpc) is 3.12. The van der Waals surface area contributed by atoms with Crippen molar-refractivity contribution in [2.24, 2.45) is 0 Å². The van der Waals surface area contributed by atoms with Crippen molar-refractivity contribution in [1.29, 1.82) is 0 Å². The summed E-state index contributed by atoms with van der Waals surface area (Å²) >= 11 is 0. The molecule has 0 radical (unpaired) electrons. The number of carbonyl (C=O) groups is 1. The zero-order valence-corrected chi connectivity index (χ0v) is 16.0. The number of hydrazine groups is 2. The highest BCUT2D eigenvalue weighted by atomic mass is 19.4. The Kier molecular flexibility index (Phi) is 4.80. The first-order valence-corrected chi connectivity index (χ1v) is 9.04. The van der Waals surface area contributed by atoms with E-state index in [1.165, 1.54) is 11.2 Å². The fourth-order valence-corrected chi connectivity index (χ4v) is 3.54. The van der Waals surface area contributed by atoms with Crippen LogP contribution in [-0.2, 0) is 6.18 Å². The first kappa shape index (κ1) is 20.0. The minimum atomic E-state index is -4.99. The summed E-state index contributed by atoms with van der Waals surface area (Å²) in [6.07, 6.45) is -2.39. The van der Waals surface area contributed by atoms with Crippen molar-refractivity contribution in [2.75, 3.05) is 11.6 Å². The highest BCUT2D eigenvalue weighted by Gasteiger charge is 2.41. The third kappa shape index (κ3) is 3.32. The van der Waals surface area contributed by atoms with Crippen molar-refractivity contribution in [3.8, 4) is 0 Å². The summed E-state index contributed by atoms with van der Waals surface area (Å²) in [7, 11) is 0. The highest BCUT2D eigenvalue weighted by Crippen LogP contribution is 2.33. The van der Waals surface area contributed by atoms with E-state index in [1.54, 1.807) is 18.0 Å². The molecular formula is C18H17F4N7O. The number of halogens is 4. The molecule has 2 aromatic heterocycles. The Morgan fingerprint density at radius 2 is 2.03 bits per heavy atom. The number of amides is 1. The molecular weight excluding hydrogens is 406 g/mol. The standard InChI is InChI=1S/C18H17F4N7O/c1-9-7-13(25-8-24-9)29-12-4-6-28(10(2)15(12)26-27-29)17(30)11-3-5-23-16(14(11)19)18(20,21)22/h3,5,7-8,10,26-27H,4,6H2,1-2H3. The van der Waals surface area contributed by atoms with Gasteiger partial charge in [-0.1, -0.05) is 0 Å². The van der Waals surface area contributed by atoms with Gasteiger partial charge in [-0.05, 0) is 19.9 Å². The molecule has 0 aliphatic carbocycles. The Morgan fingerprint density at radius 3 is 2.73 bits per heavy atom. The molecule has 2 N–H and O–H groups in total. The summed E-state index contributed by atoms with van der Waals surface area (Å²) in [5.41, 5.74) is 5.82. The zero-order valence-electron chi connectivity index (χ0n) is 16.0. The van der Waals surface area contributed by atoms with E-state index in [9.17, 15) is 22.4 Å². The zero-order chi connectivity index (χ0) is 21.6. The SMILES string of the molecule is Cc1cc(N2NNC3=C2CCN(C(=O)c2ccnc(C(F)(F)F)c2F)C3C)ncn1. The minimum Gasteiger partial charge on any atom is -0.330 e. The van der Waals surface area contributed by atoms with Crippen LogP contribution in [0.4, 0.5) is 23.4 Å². The number of alkyl halides is 3. The topological polar surface area (TPSA) is 86.3 Å². The van der Waals surface area contributed by atoms with Gasteiger partial charge in [-0.15, -0.1) is 5.53 Å². The van der Waals surface area contributed by atoms with Gasteiger partial charge in [0, 0.05) is 30.9 Å². The van der Waals surface area contributed by atoms with Gasteiger partial charge in [0.05, 0.1) is 23.0 Å². The summed E-state index contributed by atoms with van der Waals surface area (Å²) in [4.78, 5) is 25.5. The van der Waals surface area contributed by atoms with E-state index in [4.69, 9.17) is 0 Å². The third-order valence-corrected chi connectivity index (χ3v) is 5.03. The number of aryl methyl sites for hydroxylation is 1. The molecule has 0 saturated heterocycles. The summed E-state index contributed by atoms with van der Waals surface area (Å²) in [6.45, 7) is 3.72. The van der Waals surface area contributed by atoms with Crippen LogP contribution < -0.4 is 16.0 Å². The normalized spacial score (nSPS) is 19.1. The molecule has 0 aromatic carbocycles. The fourth-order valence-electron chi connectivity index (χ4n) is 3.54. The maximum absolute atomic E-state index is 14.4. The lowest BCUT2D eigenvalue weighted by molar-refractivity contribution is -0.143. The number of rotatable bonds is 2. The van der Waals surface area contributed by atoms with E-state index in [2.05, 4.69) is 25.9 Å². The molecule has 158 valence electrons. The lowest BCUT2D eigenvalue weighted by Crippen LogP contribution is -2.46. The predicted molar refractivity (Wildman–Crippen MR) is 96.9 cm³/mol. The van der Waals surface area contributed by atoms with Crippen molar-refractivity contribution in [1.82, 2.24) is 30.8 Å². The lowest BCUT2D eigenvalue weighted by atomic mass is 10.0. The molecule has 0 bridgehead atoms. The molecule has 0 saturated carbocycles. The van der Waals surface area contributed by atoms with E-state index in [0.29, 0.717) is 17.9 Å². The van der Waals surface area contributed by atoms with Crippen LogP contribution in [0.25, 0.3) is 0 Å². The maximum Gasteiger partial charge on any atom is 0.436 e. The third-order valence-electron chi connectivity index (χ3n) is 5.03. The quantitative estimate of drug-likeness (QED) is 0.717. The van der Waals surface area contributed by atoms with Crippen molar-refractivity contribution in [2.45, 2.75) is 32.5 Å². The van der Waals surface area contributed by atoms with Gasteiger partial charge in [-0.2, -0.15) is 13.2 Å². The van der Waals surface area contributed by atoms with Crippen LogP contribution in [0.2, 0.25) is 0 Å². The monoisotopic (exact) mass is 423 g/mol. The molecule has 30 heavy (non-hydrogen) atoms. The summed E-state index contributed by atoms with van der Waals surface area (Å²) < 4.78 is 53.3. The largest absolute Gasteiger partial charge is 0.436 e. The summed E-state index contributed by atoms with van der Waals surface area (Å²) in [5, 5.41) is 1.72. The number of aromatic nitrogens is 3. The molecule has 1 amide bonds. The predicted octanol–water partition coefficient (Wildman–Crippen LogP) is 2.31. The first-order chi connectivity index (χ1) is 14.2. The Morgan fingerprint density at radius 1 is 1.27 bits per heavy atom. The number of pyridine rings is 1. The van der Waals surface area contributed by atoms with E-state index < -0.39 is 35.2 Å². The van der Waals surface area contributed by atoms with E-state index in [-0.39, 0.29) is 6.54 Å². The number of nitrogens with one attached hydrogen (secondary N) is 2. The minimum absolute atomic E-state index is 0.186. The molecule has 2 aliphatic rings. The fraction of sp³-hybridized carbons (Fsp3) is 0.333. The van der Waals surface area contributed by atoms with E-state index >= 15 is 0 Å². The molecule has 2 aliphatic heterocycles. The van der Waals surface area contributed by atoms with Gasteiger partial charge in [0.1, 0.15) is 6.33 Å². The van der Waals surface area contributed by atoms with E-state index in [1.807, 2.05) is 6.92 Å². The molecule has 0 spiro atoms. The Balaban J connectivity index is 1.62. The van der Waals surface area contributed by atoms with Crippen molar-refractivity contribution < 1.29 is 22.4 Å².